The number of primary amides is 1. The van der Waals surface area contributed by atoms with Crippen LogP contribution in [-0.4, -0.2) is 72.7 Å². The number of carbonyl (C=O) groups is 3. The molecule has 2 aromatic rings. The molecule has 1 saturated carbocycles. The van der Waals surface area contributed by atoms with Crippen molar-refractivity contribution >= 4 is 29.2 Å². The summed E-state index contributed by atoms with van der Waals surface area (Å²) in [4.78, 5) is 41.7. The van der Waals surface area contributed by atoms with Gasteiger partial charge in [-0.15, -0.1) is 0 Å². The first kappa shape index (κ1) is 29.4. The highest BCUT2D eigenvalue weighted by Crippen LogP contribution is 2.48. The van der Waals surface area contributed by atoms with Crippen LogP contribution >= 0.6 is 0 Å². The summed E-state index contributed by atoms with van der Waals surface area (Å²) in [7, 11) is 5.46. The van der Waals surface area contributed by atoms with Crippen molar-refractivity contribution in [3.8, 4) is 5.75 Å². The number of hydrogen-bond acceptors (Lipinski definition) is 7. The fourth-order valence-corrected chi connectivity index (χ4v) is 6.46. The van der Waals surface area contributed by atoms with Crippen molar-refractivity contribution in [3.05, 3.63) is 53.1 Å². The Labute approximate surface area is 235 Å². The van der Waals surface area contributed by atoms with Crippen molar-refractivity contribution in [2.24, 2.45) is 17.6 Å². The first-order valence-electron chi connectivity index (χ1n) is 13.6. The third kappa shape index (κ3) is 5.64. The molecule has 10 heteroatoms. The minimum absolute atomic E-state index is 0.125. The van der Waals surface area contributed by atoms with Crippen LogP contribution in [0.5, 0.6) is 5.75 Å². The molecule has 2 aliphatic rings. The number of rotatable bonds is 9. The maximum atomic E-state index is 13.1. The number of methoxy groups -OCH3 is 1. The number of aliphatic carboxylic acids is 1. The molecule has 5 atom stereocenters. The van der Waals surface area contributed by atoms with Crippen molar-refractivity contribution in [2.75, 3.05) is 38.0 Å². The van der Waals surface area contributed by atoms with Crippen LogP contribution in [0, 0.1) is 25.7 Å². The fraction of sp³-hybridized carbons (Fsp3) is 0.500. The molecule has 1 heterocycles. The standard InChI is InChI=1S/C30H40N4O6/c1-17-11-23-25(12-18(17)2)34(27(29(37)38)28(36)32-23)24(15-26(31)35)19-9-10-30(39,21(13-19)16-33(3)4)20-7-6-8-22(14-20)40-5/h6-8,11-12,14,19,21,24,27,39H,9-10,13,15-16H2,1-5H3,(H2,31,35)(H,32,36)(H,37,38). The van der Waals surface area contributed by atoms with E-state index in [0.29, 0.717) is 42.9 Å². The molecule has 5 unspecified atom stereocenters. The number of hydrogen-bond donors (Lipinski definition) is 4. The zero-order chi connectivity index (χ0) is 29.4. The lowest BCUT2D eigenvalue weighted by Crippen LogP contribution is -2.60. The molecule has 0 aromatic heterocycles. The lowest BCUT2D eigenvalue weighted by Gasteiger charge is -2.50. The number of amides is 2. The molecule has 0 radical (unpaired) electrons. The number of aliphatic hydroxyl groups is 1. The quantitative estimate of drug-likeness (QED) is 0.348. The van der Waals surface area contributed by atoms with E-state index in [9.17, 15) is 24.6 Å². The molecular formula is C30H40N4O6. The second-order valence-corrected chi connectivity index (χ2v) is 11.5. The van der Waals surface area contributed by atoms with Gasteiger partial charge in [-0.2, -0.15) is 0 Å². The molecule has 216 valence electrons. The number of carboxylic acids is 1. The van der Waals surface area contributed by atoms with Gasteiger partial charge in [0.25, 0.3) is 5.91 Å². The van der Waals surface area contributed by atoms with Crippen LogP contribution in [0.4, 0.5) is 11.4 Å². The summed E-state index contributed by atoms with van der Waals surface area (Å²) in [6.45, 7) is 4.40. The summed E-state index contributed by atoms with van der Waals surface area (Å²) >= 11 is 0. The van der Waals surface area contributed by atoms with Gasteiger partial charge >= 0.3 is 5.97 Å². The molecule has 1 aliphatic carbocycles. The maximum Gasteiger partial charge on any atom is 0.336 e. The summed E-state index contributed by atoms with van der Waals surface area (Å²) in [6.07, 6.45) is 1.26. The first-order chi connectivity index (χ1) is 18.8. The highest BCUT2D eigenvalue weighted by atomic mass is 16.5. The molecule has 1 fully saturated rings. The molecule has 0 spiro atoms. The predicted octanol–water partition coefficient (Wildman–Crippen LogP) is 2.63. The summed E-state index contributed by atoms with van der Waals surface area (Å²) in [5.41, 5.74) is 8.28. The SMILES string of the molecule is COc1cccc(C2(O)CCC(C(CC(N)=O)N3c4cc(C)c(C)cc4NC(=O)C3C(=O)O)CC2CN(C)C)c1. The van der Waals surface area contributed by atoms with Crippen molar-refractivity contribution in [1.82, 2.24) is 4.90 Å². The Kier molecular flexibility index (Phi) is 8.41. The number of carboxylic acid groups (broad SMARTS) is 1. The van der Waals surface area contributed by atoms with E-state index in [0.717, 1.165) is 16.7 Å². The first-order valence-corrected chi connectivity index (χ1v) is 13.6. The van der Waals surface area contributed by atoms with E-state index in [1.54, 1.807) is 12.0 Å². The minimum atomic E-state index is -1.52. The fourth-order valence-electron chi connectivity index (χ4n) is 6.46. The molecular weight excluding hydrogens is 512 g/mol. The van der Waals surface area contributed by atoms with Crippen molar-refractivity contribution in [3.63, 3.8) is 0 Å². The summed E-state index contributed by atoms with van der Waals surface area (Å²) < 4.78 is 5.41. The number of anilines is 2. The molecule has 0 bridgehead atoms. The van der Waals surface area contributed by atoms with E-state index < -0.39 is 35.5 Å². The zero-order valence-electron chi connectivity index (χ0n) is 23.8. The second-order valence-electron chi connectivity index (χ2n) is 11.5. The number of carbonyl (C=O) groups excluding carboxylic acids is 2. The number of aryl methyl sites for hydroxylation is 2. The van der Waals surface area contributed by atoms with Crippen molar-refractivity contribution in [2.45, 2.75) is 57.2 Å². The smallest absolute Gasteiger partial charge is 0.336 e. The molecule has 5 N–H and O–H groups in total. The molecule has 2 amide bonds. The van der Waals surface area contributed by atoms with Gasteiger partial charge in [-0.05, 0) is 94.1 Å². The summed E-state index contributed by atoms with van der Waals surface area (Å²) in [5, 5.41) is 25.1. The Balaban J connectivity index is 1.79. The Bertz CT molecular complexity index is 1300. The van der Waals surface area contributed by atoms with Gasteiger partial charge in [0.2, 0.25) is 11.9 Å². The van der Waals surface area contributed by atoms with Crippen LogP contribution in [0.15, 0.2) is 36.4 Å². The van der Waals surface area contributed by atoms with Gasteiger partial charge in [0.15, 0.2) is 0 Å². The van der Waals surface area contributed by atoms with Gasteiger partial charge in [-0.3, -0.25) is 9.59 Å². The Morgan fingerprint density at radius 1 is 1.23 bits per heavy atom. The van der Waals surface area contributed by atoms with E-state index in [1.165, 1.54) is 0 Å². The van der Waals surface area contributed by atoms with Crippen molar-refractivity contribution in [1.29, 1.82) is 0 Å². The monoisotopic (exact) mass is 552 g/mol. The second kappa shape index (κ2) is 11.5. The van der Waals surface area contributed by atoms with Gasteiger partial charge in [-0.1, -0.05) is 12.1 Å². The summed E-state index contributed by atoms with van der Waals surface area (Å²) in [5.74, 6) is -2.36. The molecule has 1 aliphatic heterocycles. The molecule has 0 saturated heterocycles. The Morgan fingerprint density at radius 2 is 1.93 bits per heavy atom. The van der Waals surface area contributed by atoms with Crippen molar-refractivity contribution < 1.29 is 29.3 Å². The number of nitrogens with two attached hydrogens (primary N) is 1. The van der Waals surface area contributed by atoms with Gasteiger partial charge in [0.1, 0.15) is 5.75 Å². The Morgan fingerprint density at radius 3 is 2.55 bits per heavy atom. The van der Waals surface area contributed by atoms with Crippen LogP contribution in [0.1, 0.15) is 42.4 Å². The molecule has 40 heavy (non-hydrogen) atoms. The van der Waals surface area contributed by atoms with E-state index in [1.807, 2.05) is 69.2 Å². The van der Waals surface area contributed by atoms with Crippen LogP contribution < -0.4 is 20.7 Å². The third-order valence-corrected chi connectivity index (χ3v) is 8.53. The lowest BCUT2D eigenvalue weighted by molar-refractivity contribution is -0.142. The average molecular weight is 553 g/mol. The van der Waals surface area contributed by atoms with Crippen LogP contribution in [0.3, 0.4) is 0 Å². The number of ether oxygens (including phenoxy) is 1. The highest BCUT2D eigenvalue weighted by Gasteiger charge is 2.50. The van der Waals surface area contributed by atoms with Crippen LogP contribution in [-0.2, 0) is 20.0 Å². The van der Waals surface area contributed by atoms with Gasteiger partial charge in [-0.25, -0.2) is 4.79 Å². The number of benzene rings is 2. The topological polar surface area (TPSA) is 145 Å². The molecule has 4 rings (SSSR count). The normalized spacial score (nSPS) is 25.2. The summed E-state index contributed by atoms with van der Waals surface area (Å²) in [6, 6.07) is 8.93. The maximum absolute atomic E-state index is 13.1. The van der Waals surface area contributed by atoms with Crippen LogP contribution in [0.2, 0.25) is 0 Å². The predicted molar refractivity (Wildman–Crippen MR) is 152 cm³/mol. The minimum Gasteiger partial charge on any atom is -0.497 e. The van der Waals surface area contributed by atoms with Crippen LogP contribution in [0.25, 0.3) is 0 Å². The molecule has 10 nitrogen and oxygen atoms in total. The van der Waals surface area contributed by atoms with E-state index >= 15 is 0 Å². The third-order valence-electron chi connectivity index (χ3n) is 8.53. The largest absolute Gasteiger partial charge is 0.497 e. The van der Waals surface area contributed by atoms with Gasteiger partial charge in [0.05, 0.1) is 24.1 Å². The number of nitrogens with one attached hydrogen (secondary N) is 1. The Hall–Kier alpha value is -3.63. The van der Waals surface area contributed by atoms with Gasteiger partial charge < -0.3 is 35.8 Å². The highest BCUT2D eigenvalue weighted by molar-refractivity contribution is 6.14. The number of fused-ring (bicyclic) bond motifs is 1. The van der Waals surface area contributed by atoms with E-state index in [4.69, 9.17) is 10.5 Å². The molecule has 2 aromatic carbocycles. The zero-order valence-corrected chi connectivity index (χ0v) is 23.8. The average Bonchev–Trinajstić information content (AvgIpc) is 2.88. The lowest BCUT2D eigenvalue weighted by atomic mass is 9.65. The van der Waals surface area contributed by atoms with E-state index in [-0.39, 0.29) is 18.3 Å². The van der Waals surface area contributed by atoms with E-state index in [2.05, 4.69) is 5.32 Å². The number of nitrogens with zero attached hydrogens (tertiary/aromatic N) is 2. The van der Waals surface area contributed by atoms with Gasteiger partial charge in [0, 0.05) is 24.9 Å².